The van der Waals surface area contributed by atoms with Gasteiger partial charge in [0.05, 0.1) is 18.5 Å². The Balaban J connectivity index is 2.17. The van der Waals surface area contributed by atoms with E-state index in [1.165, 1.54) is 10.9 Å². The number of hydrogen-bond acceptors (Lipinski definition) is 7. The van der Waals surface area contributed by atoms with Crippen LogP contribution < -0.4 is 11.3 Å². The number of aromatic amines is 1. The van der Waals surface area contributed by atoms with E-state index in [-0.39, 0.29) is 23.7 Å². The minimum Gasteiger partial charge on any atom is -0.394 e. The molecule has 2 aromatic rings. The number of aliphatic hydroxyl groups excluding tert-OH is 2. The van der Waals surface area contributed by atoms with Crippen molar-refractivity contribution in [3.8, 4) is 0 Å². The summed E-state index contributed by atoms with van der Waals surface area (Å²) in [5, 5.41) is 19.2. The lowest BCUT2D eigenvalue weighted by molar-refractivity contribution is -0.0422. The smallest absolute Gasteiger partial charge is 0.280 e. The third-order valence-electron chi connectivity index (χ3n) is 3.33. The number of imidazole rings is 1. The Morgan fingerprint density at radius 1 is 1.62 bits per heavy atom. The highest BCUT2D eigenvalue weighted by Crippen LogP contribution is 2.34. The molecule has 3 heterocycles. The molecule has 3 rings (SSSR count). The number of ether oxygens (including phenoxy) is 1. The lowest BCUT2D eigenvalue weighted by atomic mass is 10.1. The van der Waals surface area contributed by atoms with Crippen molar-refractivity contribution in [2.45, 2.75) is 18.4 Å². The Labute approximate surface area is 118 Å². The van der Waals surface area contributed by atoms with Crippen molar-refractivity contribution in [3.05, 3.63) is 34.6 Å². The Morgan fingerprint density at radius 2 is 2.38 bits per heavy atom. The van der Waals surface area contributed by atoms with Gasteiger partial charge in [0, 0.05) is 0 Å². The molecule has 0 aromatic carbocycles. The van der Waals surface area contributed by atoms with Crippen molar-refractivity contribution in [2.75, 3.05) is 12.3 Å². The summed E-state index contributed by atoms with van der Waals surface area (Å²) in [5.41, 5.74) is 8.28. The fourth-order valence-corrected chi connectivity index (χ4v) is 2.32. The van der Waals surface area contributed by atoms with E-state index in [0.717, 1.165) is 0 Å². The van der Waals surface area contributed by atoms with Gasteiger partial charge < -0.3 is 20.7 Å². The largest absolute Gasteiger partial charge is 0.394 e. The second kappa shape index (κ2) is 4.83. The van der Waals surface area contributed by atoms with Gasteiger partial charge in [0.25, 0.3) is 5.56 Å². The predicted octanol–water partition coefficient (Wildman–Crippen LogP) is -1.34. The molecule has 2 aromatic heterocycles. The average Bonchev–Trinajstić information content (AvgIpc) is 2.99. The zero-order valence-corrected chi connectivity index (χ0v) is 10.9. The first kappa shape index (κ1) is 13.5. The van der Waals surface area contributed by atoms with Crippen molar-refractivity contribution in [2.24, 2.45) is 0 Å². The van der Waals surface area contributed by atoms with Crippen molar-refractivity contribution < 1.29 is 14.9 Å². The Kier molecular flexibility index (Phi) is 3.11. The molecule has 1 unspecified atom stereocenters. The van der Waals surface area contributed by atoms with Crippen molar-refractivity contribution in [3.63, 3.8) is 0 Å². The summed E-state index contributed by atoms with van der Waals surface area (Å²) in [5.74, 6) is -0.0596. The number of nitrogen functional groups attached to an aromatic ring is 1. The third-order valence-corrected chi connectivity index (χ3v) is 3.33. The molecule has 0 amide bonds. The van der Waals surface area contributed by atoms with E-state index >= 15 is 0 Å². The number of nitrogens with one attached hydrogen (secondary N) is 1. The molecule has 9 nitrogen and oxygen atoms in total. The van der Waals surface area contributed by atoms with Gasteiger partial charge in [-0.05, 0) is 0 Å². The quantitative estimate of drug-likeness (QED) is 0.502. The van der Waals surface area contributed by atoms with E-state index in [4.69, 9.17) is 10.5 Å². The van der Waals surface area contributed by atoms with Gasteiger partial charge in [-0.2, -0.15) is 4.98 Å². The van der Waals surface area contributed by atoms with Gasteiger partial charge in [-0.15, -0.1) is 5.73 Å². The fourth-order valence-electron chi connectivity index (χ4n) is 2.32. The molecule has 0 spiro atoms. The molecule has 1 fully saturated rings. The molecule has 0 radical (unpaired) electrons. The van der Waals surface area contributed by atoms with Gasteiger partial charge in [0.2, 0.25) is 5.95 Å². The highest BCUT2D eigenvalue weighted by Gasteiger charge is 2.40. The molecule has 1 aliphatic heterocycles. The summed E-state index contributed by atoms with van der Waals surface area (Å²) < 4.78 is 6.99. The summed E-state index contributed by atoms with van der Waals surface area (Å²) in [6, 6.07) is 0. The average molecular weight is 291 g/mol. The molecular weight excluding hydrogens is 278 g/mol. The molecule has 0 aliphatic carbocycles. The van der Waals surface area contributed by atoms with Crippen LogP contribution in [0, 0.1) is 0 Å². The van der Waals surface area contributed by atoms with Crippen LogP contribution in [0.4, 0.5) is 5.95 Å². The summed E-state index contributed by atoms with van der Waals surface area (Å²) >= 11 is 0. The van der Waals surface area contributed by atoms with E-state index in [0.29, 0.717) is 5.57 Å². The lowest BCUT2D eigenvalue weighted by Crippen LogP contribution is -2.25. The van der Waals surface area contributed by atoms with Crippen LogP contribution >= 0.6 is 0 Å². The third kappa shape index (κ3) is 1.96. The van der Waals surface area contributed by atoms with E-state index < -0.39 is 24.0 Å². The fraction of sp³-hybridized carbons (Fsp3) is 0.333. The summed E-state index contributed by atoms with van der Waals surface area (Å²) in [4.78, 5) is 22.1. The van der Waals surface area contributed by atoms with Crippen LogP contribution in [0.2, 0.25) is 0 Å². The van der Waals surface area contributed by atoms with E-state index in [2.05, 4.69) is 27.3 Å². The minimum absolute atomic E-state index is 0.0596. The number of aromatic nitrogens is 4. The van der Waals surface area contributed by atoms with Crippen LogP contribution in [0.1, 0.15) is 6.23 Å². The number of rotatable bonds is 2. The van der Waals surface area contributed by atoms with Crippen LogP contribution in [0.25, 0.3) is 11.2 Å². The molecule has 3 atom stereocenters. The SMILES string of the molecule is C=C=C1C(O)[C@@H](CO)O[C@H]1n1cnc2c(=O)[nH]c(N)nc21. The van der Waals surface area contributed by atoms with Crippen molar-refractivity contribution >= 4 is 17.1 Å². The summed E-state index contributed by atoms with van der Waals surface area (Å²) in [7, 11) is 0. The predicted molar refractivity (Wildman–Crippen MR) is 72.2 cm³/mol. The van der Waals surface area contributed by atoms with Crippen LogP contribution in [-0.4, -0.2) is 48.5 Å². The van der Waals surface area contributed by atoms with Crippen molar-refractivity contribution in [1.82, 2.24) is 19.5 Å². The summed E-state index contributed by atoms with van der Waals surface area (Å²) in [6.07, 6.45) is -1.32. The first-order valence-corrected chi connectivity index (χ1v) is 6.13. The van der Waals surface area contributed by atoms with Crippen LogP contribution in [0.15, 0.2) is 29.0 Å². The highest BCUT2D eigenvalue weighted by atomic mass is 16.5. The first-order chi connectivity index (χ1) is 10.1. The number of hydrogen-bond donors (Lipinski definition) is 4. The molecule has 1 aliphatic rings. The Hall–Kier alpha value is -2.45. The maximum absolute atomic E-state index is 11.7. The van der Waals surface area contributed by atoms with Gasteiger partial charge in [-0.1, -0.05) is 6.58 Å². The first-order valence-electron chi connectivity index (χ1n) is 6.13. The molecule has 21 heavy (non-hydrogen) atoms. The van der Waals surface area contributed by atoms with E-state index in [1.54, 1.807) is 0 Å². The van der Waals surface area contributed by atoms with Gasteiger partial charge in [0.15, 0.2) is 17.4 Å². The minimum atomic E-state index is -1.05. The molecule has 9 heteroatoms. The molecule has 110 valence electrons. The molecular formula is C12H13N5O4. The molecule has 0 bridgehead atoms. The lowest BCUT2D eigenvalue weighted by Gasteiger charge is -2.13. The molecule has 1 saturated heterocycles. The monoisotopic (exact) mass is 291 g/mol. The number of nitrogens with zero attached hydrogens (tertiary/aromatic N) is 3. The molecule has 5 N–H and O–H groups in total. The standard InChI is InChI=1S/C12H13N5O4/c1-2-5-8(19)6(3-18)21-11(5)17-4-14-7-9(17)15-12(13)16-10(7)20/h4,6,8,11,18-19H,1,3H2,(H3,13,15,16,20)/t6-,8?,11-/m1/s1. The van der Waals surface area contributed by atoms with Crippen molar-refractivity contribution in [1.29, 1.82) is 0 Å². The zero-order chi connectivity index (χ0) is 15.1. The maximum atomic E-state index is 11.7. The number of fused-ring (bicyclic) bond motifs is 1. The van der Waals surface area contributed by atoms with Gasteiger partial charge in [-0.3, -0.25) is 14.3 Å². The number of nitrogens with two attached hydrogens (primary N) is 1. The van der Waals surface area contributed by atoms with Crippen LogP contribution in [0.5, 0.6) is 0 Å². The van der Waals surface area contributed by atoms with Crippen LogP contribution in [-0.2, 0) is 4.74 Å². The van der Waals surface area contributed by atoms with E-state index in [1.807, 2.05) is 0 Å². The Bertz CT molecular complexity index is 804. The number of H-pyrrole nitrogens is 1. The van der Waals surface area contributed by atoms with Gasteiger partial charge >= 0.3 is 0 Å². The van der Waals surface area contributed by atoms with Crippen LogP contribution in [0.3, 0.4) is 0 Å². The Morgan fingerprint density at radius 3 is 3.05 bits per heavy atom. The number of aliphatic hydroxyl groups is 2. The van der Waals surface area contributed by atoms with E-state index in [9.17, 15) is 15.0 Å². The second-order valence-electron chi connectivity index (χ2n) is 4.56. The summed E-state index contributed by atoms with van der Waals surface area (Å²) in [6.45, 7) is 3.14. The van der Waals surface area contributed by atoms with Gasteiger partial charge in [0.1, 0.15) is 12.2 Å². The second-order valence-corrected chi connectivity index (χ2v) is 4.56. The highest BCUT2D eigenvalue weighted by molar-refractivity contribution is 5.70. The maximum Gasteiger partial charge on any atom is 0.280 e. The molecule has 0 saturated carbocycles. The normalized spacial score (nSPS) is 25.4. The zero-order valence-electron chi connectivity index (χ0n) is 10.9. The number of anilines is 1. The van der Waals surface area contributed by atoms with Gasteiger partial charge in [-0.25, -0.2) is 4.98 Å². The topological polar surface area (TPSA) is 139 Å².